The molecule has 0 aromatic heterocycles. The molecule has 1 saturated carbocycles. The van der Waals surface area contributed by atoms with Crippen LogP contribution in [0.1, 0.15) is 18.4 Å². The minimum absolute atomic E-state index is 0. The van der Waals surface area contributed by atoms with Gasteiger partial charge in [0.1, 0.15) is 0 Å². The maximum Gasteiger partial charge on any atom is 0.223 e. The molecule has 24 heavy (non-hydrogen) atoms. The number of nitrogens with one attached hydrogen (secondary N) is 1. The summed E-state index contributed by atoms with van der Waals surface area (Å²) in [7, 11) is 0. The van der Waals surface area contributed by atoms with Crippen LogP contribution in [0.3, 0.4) is 0 Å². The molecule has 3 rings (SSSR count). The van der Waals surface area contributed by atoms with Crippen LogP contribution in [0, 0.1) is 5.92 Å². The van der Waals surface area contributed by atoms with E-state index in [2.05, 4.69) is 29.6 Å². The molecule has 128 valence electrons. The highest BCUT2D eigenvalue weighted by atomic mass is 35.5. The number of aliphatic hydroxyl groups is 1. The van der Waals surface area contributed by atoms with Crippen molar-refractivity contribution in [1.29, 1.82) is 0 Å². The molecule has 0 heterocycles. The van der Waals surface area contributed by atoms with E-state index in [0.717, 1.165) is 11.1 Å². The van der Waals surface area contributed by atoms with Crippen LogP contribution < -0.4 is 11.1 Å². The average molecular weight is 347 g/mol. The van der Waals surface area contributed by atoms with Crippen LogP contribution in [-0.2, 0) is 11.3 Å². The zero-order valence-electron chi connectivity index (χ0n) is 13.4. The van der Waals surface area contributed by atoms with E-state index >= 15 is 0 Å². The van der Waals surface area contributed by atoms with Gasteiger partial charge in [-0.25, -0.2) is 0 Å². The Bertz CT molecular complexity index is 651. The molecule has 0 aliphatic heterocycles. The lowest BCUT2D eigenvalue weighted by molar-refractivity contribution is -0.125. The molecular formula is C19H23ClN2O2. The number of amides is 1. The maximum absolute atomic E-state index is 12.1. The second-order valence-corrected chi connectivity index (χ2v) is 6.18. The van der Waals surface area contributed by atoms with Crippen molar-refractivity contribution in [3.8, 4) is 11.1 Å². The number of carbonyl (C=O) groups is 1. The second-order valence-electron chi connectivity index (χ2n) is 6.18. The van der Waals surface area contributed by atoms with Crippen LogP contribution in [0.4, 0.5) is 0 Å². The Hall–Kier alpha value is -1.88. The molecule has 2 aromatic carbocycles. The Kier molecular flexibility index (Phi) is 6.37. The fourth-order valence-corrected chi connectivity index (χ4v) is 3.04. The second kappa shape index (κ2) is 8.29. The summed E-state index contributed by atoms with van der Waals surface area (Å²) in [5, 5.41) is 12.6. The maximum atomic E-state index is 12.1. The quantitative estimate of drug-likeness (QED) is 0.796. The molecule has 3 atom stereocenters. The van der Waals surface area contributed by atoms with Gasteiger partial charge in [-0.05, 0) is 29.5 Å². The lowest BCUT2D eigenvalue weighted by Crippen LogP contribution is -2.30. The van der Waals surface area contributed by atoms with Gasteiger partial charge in [-0.2, -0.15) is 0 Å². The van der Waals surface area contributed by atoms with E-state index in [9.17, 15) is 9.90 Å². The summed E-state index contributed by atoms with van der Waals surface area (Å²) in [4.78, 5) is 12.1. The molecule has 0 bridgehead atoms. The third-order valence-corrected chi connectivity index (χ3v) is 4.48. The van der Waals surface area contributed by atoms with E-state index in [0.29, 0.717) is 19.4 Å². The summed E-state index contributed by atoms with van der Waals surface area (Å²) >= 11 is 0. The molecule has 5 heteroatoms. The van der Waals surface area contributed by atoms with Gasteiger partial charge in [0.25, 0.3) is 0 Å². The topological polar surface area (TPSA) is 75.4 Å². The third kappa shape index (κ3) is 4.35. The Morgan fingerprint density at radius 1 is 1.04 bits per heavy atom. The molecule has 2 aromatic rings. The molecule has 1 fully saturated rings. The summed E-state index contributed by atoms with van der Waals surface area (Å²) in [6, 6.07) is 18.1. The normalized spacial score (nSPS) is 22.7. The van der Waals surface area contributed by atoms with Crippen LogP contribution in [-0.4, -0.2) is 23.2 Å². The van der Waals surface area contributed by atoms with Crippen molar-refractivity contribution >= 4 is 18.3 Å². The number of hydrogen-bond acceptors (Lipinski definition) is 3. The first kappa shape index (κ1) is 18.5. The van der Waals surface area contributed by atoms with Crippen molar-refractivity contribution in [1.82, 2.24) is 5.32 Å². The number of hydrogen-bond donors (Lipinski definition) is 3. The number of halogens is 1. The van der Waals surface area contributed by atoms with Gasteiger partial charge in [0.15, 0.2) is 0 Å². The van der Waals surface area contributed by atoms with Gasteiger partial charge >= 0.3 is 0 Å². The highest BCUT2D eigenvalue weighted by Gasteiger charge is 2.34. The highest BCUT2D eigenvalue weighted by molar-refractivity contribution is 5.85. The first-order valence-electron chi connectivity index (χ1n) is 7.99. The zero-order valence-corrected chi connectivity index (χ0v) is 14.2. The number of nitrogens with two attached hydrogens (primary N) is 1. The standard InChI is InChI=1S/C19H22N2O2.ClH/c20-17-10-16(11-18(17)22)19(23)21-12-13-6-8-15(9-7-13)14-4-2-1-3-5-14;/h1-9,16-18,22H,10-12,20H2,(H,21,23);1H/t16-,17-,18-;/m0./s1. The van der Waals surface area contributed by atoms with Crippen molar-refractivity contribution in [3.63, 3.8) is 0 Å². The minimum Gasteiger partial charge on any atom is -0.391 e. The first-order chi connectivity index (χ1) is 11.1. The monoisotopic (exact) mass is 346 g/mol. The Labute approximate surface area is 148 Å². The summed E-state index contributed by atoms with van der Waals surface area (Å²) < 4.78 is 0. The van der Waals surface area contributed by atoms with E-state index in [4.69, 9.17) is 5.73 Å². The van der Waals surface area contributed by atoms with Crippen LogP contribution >= 0.6 is 12.4 Å². The van der Waals surface area contributed by atoms with Gasteiger partial charge in [0.05, 0.1) is 6.10 Å². The van der Waals surface area contributed by atoms with Gasteiger partial charge in [0, 0.05) is 18.5 Å². The van der Waals surface area contributed by atoms with Crippen LogP contribution in [0.5, 0.6) is 0 Å². The molecular weight excluding hydrogens is 324 g/mol. The van der Waals surface area contributed by atoms with Crippen molar-refractivity contribution < 1.29 is 9.90 Å². The summed E-state index contributed by atoms with van der Waals surface area (Å²) in [5.74, 6) is -0.201. The molecule has 1 aliphatic carbocycles. The lowest BCUT2D eigenvalue weighted by Gasteiger charge is -2.11. The molecule has 1 amide bonds. The van der Waals surface area contributed by atoms with Gasteiger partial charge < -0.3 is 16.2 Å². The molecule has 4 nitrogen and oxygen atoms in total. The number of benzene rings is 2. The first-order valence-corrected chi connectivity index (χ1v) is 7.99. The molecule has 0 unspecified atom stereocenters. The van der Waals surface area contributed by atoms with Gasteiger partial charge in [-0.3, -0.25) is 4.79 Å². The Balaban J connectivity index is 0.00000208. The average Bonchev–Trinajstić information content (AvgIpc) is 2.93. The largest absolute Gasteiger partial charge is 0.391 e. The van der Waals surface area contributed by atoms with Gasteiger partial charge in [-0.15, -0.1) is 12.4 Å². The van der Waals surface area contributed by atoms with E-state index in [-0.39, 0.29) is 30.3 Å². The van der Waals surface area contributed by atoms with Crippen LogP contribution in [0.25, 0.3) is 11.1 Å². The lowest BCUT2D eigenvalue weighted by atomic mass is 10.0. The predicted molar refractivity (Wildman–Crippen MR) is 97.7 cm³/mol. The number of carbonyl (C=O) groups excluding carboxylic acids is 1. The molecule has 0 spiro atoms. The fourth-order valence-electron chi connectivity index (χ4n) is 3.04. The summed E-state index contributed by atoms with van der Waals surface area (Å²) in [5.41, 5.74) is 9.15. The molecule has 4 N–H and O–H groups in total. The van der Waals surface area contributed by atoms with Gasteiger partial charge in [0.2, 0.25) is 5.91 Å². The Morgan fingerprint density at radius 3 is 2.25 bits per heavy atom. The van der Waals surface area contributed by atoms with Crippen LogP contribution in [0.15, 0.2) is 54.6 Å². The number of aliphatic hydroxyl groups excluding tert-OH is 1. The van der Waals surface area contributed by atoms with Crippen molar-refractivity contribution in [2.75, 3.05) is 0 Å². The Morgan fingerprint density at radius 2 is 1.67 bits per heavy atom. The molecule has 0 radical (unpaired) electrons. The van der Waals surface area contributed by atoms with Crippen molar-refractivity contribution in [3.05, 3.63) is 60.2 Å². The summed E-state index contributed by atoms with van der Waals surface area (Å²) in [6.07, 6.45) is 0.454. The fraction of sp³-hybridized carbons (Fsp3) is 0.316. The van der Waals surface area contributed by atoms with Crippen molar-refractivity contribution in [2.24, 2.45) is 11.7 Å². The van der Waals surface area contributed by atoms with Gasteiger partial charge in [-0.1, -0.05) is 54.6 Å². The predicted octanol–water partition coefficient (Wildman–Crippen LogP) is 2.49. The third-order valence-electron chi connectivity index (χ3n) is 4.48. The number of rotatable bonds is 4. The summed E-state index contributed by atoms with van der Waals surface area (Å²) in [6.45, 7) is 0.496. The molecule has 1 aliphatic rings. The SMILES string of the molecule is Cl.N[C@H]1C[C@H](C(=O)NCc2ccc(-c3ccccc3)cc2)C[C@@H]1O. The van der Waals surface area contributed by atoms with E-state index in [1.807, 2.05) is 30.3 Å². The van der Waals surface area contributed by atoms with E-state index < -0.39 is 6.10 Å². The smallest absolute Gasteiger partial charge is 0.223 e. The van der Waals surface area contributed by atoms with E-state index in [1.54, 1.807) is 0 Å². The van der Waals surface area contributed by atoms with E-state index in [1.165, 1.54) is 5.56 Å². The highest BCUT2D eigenvalue weighted by Crippen LogP contribution is 2.25. The van der Waals surface area contributed by atoms with Crippen molar-refractivity contribution in [2.45, 2.75) is 31.5 Å². The minimum atomic E-state index is -0.559. The van der Waals surface area contributed by atoms with Crippen LogP contribution in [0.2, 0.25) is 0 Å². The zero-order chi connectivity index (χ0) is 16.2. The molecule has 0 saturated heterocycles.